The number of hydrogen-bond donors (Lipinski definition) is 3. The third-order valence-electron chi connectivity index (χ3n) is 5.88. The zero-order valence-corrected chi connectivity index (χ0v) is 25.3. The average molecular weight is 597 g/mol. The van der Waals surface area contributed by atoms with Crippen LogP contribution in [0.15, 0.2) is 36.4 Å². The molecule has 0 aromatic heterocycles. The molecule has 228 valence electrons. The number of carbonyl (C=O) groups is 3. The normalized spacial score (nSPS) is 13.8. The van der Waals surface area contributed by atoms with Crippen molar-refractivity contribution in [3.63, 3.8) is 0 Å². The minimum atomic E-state index is -1.23. The second kappa shape index (κ2) is 19.1. The van der Waals surface area contributed by atoms with E-state index in [0.717, 1.165) is 23.1 Å². The molecular weight excluding hydrogens is 553 g/mol. The molecule has 2 unspecified atom stereocenters. The zero-order chi connectivity index (χ0) is 30.9. The fraction of sp³-hybridized carbons (Fsp3) is 0.500. The number of Topliss-reactive ketones (excluding diaryl/α,β-unsaturated/α-hetero) is 1. The van der Waals surface area contributed by atoms with Gasteiger partial charge in [0.25, 0.3) is 0 Å². The summed E-state index contributed by atoms with van der Waals surface area (Å²) in [6.07, 6.45) is 1.99. The second-order valence-electron chi connectivity index (χ2n) is 10.1. The van der Waals surface area contributed by atoms with Crippen LogP contribution in [-0.2, 0) is 27.3 Å². The van der Waals surface area contributed by atoms with Gasteiger partial charge in [-0.15, -0.1) is 11.8 Å². The average Bonchev–Trinajstić information content (AvgIpc) is 3.46. The number of anilines is 1. The molecule has 1 saturated heterocycles. The summed E-state index contributed by atoms with van der Waals surface area (Å²) < 4.78 is 39.3. The molecule has 7 nitrogen and oxygen atoms in total. The van der Waals surface area contributed by atoms with Crippen LogP contribution in [-0.4, -0.2) is 53.3 Å². The van der Waals surface area contributed by atoms with Gasteiger partial charge in [0.2, 0.25) is 12.3 Å². The first-order chi connectivity index (χ1) is 19.4. The fourth-order valence-electron chi connectivity index (χ4n) is 3.83. The first-order valence-corrected chi connectivity index (χ1v) is 14.9. The largest absolute Gasteiger partial charge is 0.375 e. The quantitative estimate of drug-likeness (QED) is 0.241. The van der Waals surface area contributed by atoms with Crippen molar-refractivity contribution in [3.8, 4) is 0 Å². The molecule has 0 spiro atoms. The van der Waals surface area contributed by atoms with E-state index in [1.807, 2.05) is 38.1 Å². The van der Waals surface area contributed by atoms with E-state index in [2.05, 4.69) is 24.5 Å². The fourth-order valence-corrected chi connectivity index (χ4v) is 4.81. The zero-order valence-electron chi connectivity index (χ0n) is 24.5. The maximum absolute atomic E-state index is 13.5. The van der Waals surface area contributed by atoms with E-state index >= 15 is 0 Å². The molecule has 0 radical (unpaired) electrons. The smallest absolute Gasteiger partial charge is 0.224 e. The maximum Gasteiger partial charge on any atom is 0.224 e. The number of benzene rings is 2. The number of nitrogens with zero attached hydrogens (tertiary/aromatic N) is 1. The highest BCUT2D eigenvalue weighted by Crippen LogP contribution is 2.18. The molecule has 0 saturated carbocycles. The molecule has 1 aliphatic rings. The van der Waals surface area contributed by atoms with E-state index in [-0.39, 0.29) is 42.1 Å². The summed E-state index contributed by atoms with van der Waals surface area (Å²) in [5.41, 5.74) is 7.72. The highest BCUT2D eigenvalue weighted by atomic mass is 32.2. The summed E-state index contributed by atoms with van der Waals surface area (Å²) in [5, 5.41) is 5.83. The molecule has 0 bridgehead atoms. The van der Waals surface area contributed by atoms with Crippen LogP contribution in [0, 0.1) is 23.4 Å². The Bertz CT molecular complexity index is 1100. The highest BCUT2D eigenvalue weighted by Gasteiger charge is 2.22. The van der Waals surface area contributed by atoms with Crippen molar-refractivity contribution >= 4 is 35.5 Å². The molecule has 2 amide bonds. The molecule has 1 fully saturated rings. The predicted octanol–water partition coefficient (Wildman–Crippen LogP) is 5.27. The van der Waals surface area contributed by atoms with E-state index in [1.54, 1.807) is 23.6 Å². The number of hydrogen-bond acceptors (Lipinski definition) is 6. The van der Waals surface area contributed by atoms with Gasteiger partial charge in [0.15, 0.2) is 17.4 Å². The van der Waals surface area contributed by atoms with E-state index < -0.39 is 23.5 Å². The molecule has 1 aliphatic heterocycles. The van der Waals surface area contributed by atoms with E-state index in [9.17, 15) is 27.6 Å². The van der Waals surface area contributed by atoms with Crippen molar-refractivity contribution in [2.24, 2.45) is 11.7 Å². The van der Waals surface area contributed by atoms with E-state index in [4.69, 9.17) is 5.73 Å². The summed E-state index contributed by atoms with van der Waals surface area (Å²) in [5.74, 6) is -1.35. The standard InChI is InChI=1S/C14H20N2O2.C13H15F3N2OS.C3H8/c1-10(2)14(11(3)18)16-13-6-4-12(5-7-13)8-15-9-17;14-10-6-12(16)11(15)4-8(10)3-9(17)5-13(19)18-1-2-20-7-18;1-3-2/h4-7,9-10,14,16H,8H2,1-3H3,(H,15,17);4,6,9H,1-3,5,7,17H2;3H2,1-2H3. The second-order valence-corrected chi connectivity index (χ2v) is 11.2. The van der Waals surface area contributed by atoms with Gasteiger partial charge in [-0.3, -0.25) is 14.4 Å². The summed E-state index contributed by atoms with van der Waals surface area (Å²) in [6, 6.07) is 8.20. The van der Waals surface area contributed by atoms with Crippen molar-refractivity contribution in [1.82, 2.24) is 10.2 Å². The van der Waals surface area contributed by atoms with Crippen LogP contribution in [0.25, 0.3) is 0 Å². The Balaban J connectivity index is 0.000000376. The lowest BCUT2D eigenvalue weighted by molar-refractivity contribution is -0.130. The molecule has 41 heavy (non-hydrogen) atoms. The van der Waals surface area contributed by atoms with Gasteiger partial charge in [0.1, 0.15) is 5.82 Å². The lowest BCUT2D eigenvalue weighted by Gasteiger charge is -2.20. The van der Waals surface area contributed by atoms with Gasteiger partial charge in [0.05, 0.1) is 11.9 Å². The summed E-state index contributed by atoms with van der Waals surface area (Å²) >= 11 is 1.66. The number of thioether (sulfide) groups is 1. The number of halogens is 3. The van der Waals surface area contributed by atoms with Gasteiger partial charge in [-0.2, -0.15) is 0 Å². The van der Waals surface area contributed by atoms with Gasteiger partial charge in [-0.05, 0) is 48.6 Å². The molecule has 0 aliphatic carbocycles. The van der Waals surface area contributed by atoms with Crippen molar-refractivity contribution < 1.29 is 27.6 Å². The Labute approximate surface area is 245 Å². The third kappa shape index (κ3) is 13.4. The molecule has 2 atom stereocenters. The van der Waals surface area contributed by atoms with Crippen molar-refractivity contribution in [3.05, 3.63) is 65.0 Å². The van der Waals surface area contributed by atoms with Gasteiger partial charge >= 0.3 is 0 Å². The molecule has 3 rings (SSSR count). The number of nitrogens with two attached hydrogens (primary N) is 1. The number of carbonyl (C=O) groups excluding carboxylic acids is 3. The first-order valence-electron chi connectivity index (χ1n) is 13.7. The third-order valence-corrected chi connectivity index (χ3v) is 6.85. The molecule has 2 aromatic rings. The Morgan fingerprint density at radius 3 is 2.20 bits per heavy atom. The first kappa shape index (κ1) is 36.0. The molecule has 4 N–H and O–H groups in total. The van der Waals surface area contributed by atoms with Gasteiger partial charge in [-0.25, -0.2) is 13.2 Å². The minimum Gasteiger partial charge on any atom is -0.375 e. The maximum atomic E-state index is 13.5. The Kier molecular flexibility index (Phi) is 16.8. The molecule has 1 heterocycles. The topological polar surface area (TPSA) is 105 Å². The minimum absolute atomic E-state index is 0.00421. The number of rotatable bonds is 11. The SMILES string of the molecule is CC(=O)C(Nc1ccc(CNC=O)cc1)C(C)C.CCC.NC(CC(=O)N1CCSC1)Cc1cc(F)c(F)cc1F. The lowest BCUT2D eigenvalue weighted by atomic mass is 10.0. The Morgan fingerprint density at radius 2 is 1.68 bits per heavy atom. The monoisotopic (exact) mass is 596 g/mol. The van der Waals surface area contributed by atoms with Crippen LogP contribution >= 0.6 is 11.8 Å². The van der Waals surface area contributed by atoms with Crippen LogP contribution < -0.4 is 16.4 Å². The van der Waals surface area contributed by atoms with Crippen LogP contribution in [0.4, 0.5) is 18.9 Å². The van der Waals surface area contributed by atoms with Gasteiger partial charge < -0.3 is 21.3 Å². The van der Waals surface area contributed by atoms with Crippen LogP contribution in [0.1, 0.15) is 58.6 Å². The van der Waals surface area contributed by atoms with Crippen molar-refractivity contribution in [1.29, 1.82) is 0 Å². The Morgan fingerprint density at radius 1 is 1.07 bits per heavy atom. The van der Waals surface area contributed by atoms with Crippen LogP contribution in [0.2, 0.25) is 0 Å². The van der Waals surface area contributed by atoms with E-state index in [0.29, 0.717) is 31.4 Å². The lowest BCUT2D eigenvalue weighted by Crippen LogP contribution is -2.35. The molecule has 11 heteroatoms. The van der Waals surface area contributed by atoms with Crippen molar-refractivity contribution in [2.75, 3.05) is 23.5 Å². The Hall–Kier alpha value is -3.05. The van der Waals surface area contributed by atoms with Gasteiger partial charge in [0, 0.05) is 43.1 Å². The van der Waals surface area contributed by atoms with Gasteiger partial charge in [-0.1, -0.05) is 46.2 Å². The van der Waals surface area contributed by atoms with Crippen LogP contribution in [0.5, 0.6) is 0 Å². The van der Waals surface area contributed by atoms with Crippen LogP contribution in [0.3, 0.4) is 0 Å². The van der Waals surface area contributed by atoms with Crippen molar-refractivity contribution in [2.45, 2.75) is 72.5 Å². The molecule has 2 aromatic carbocycles. The highest BCUT2D eigenvalue weighted by molar-refractivity contribution is 7.99. The number of ketones is 1. The predicted molar refractivity (Wildman–Crippen MR) is 160 cm³/mol. The summed E-state index contributed by atoms with van der Waals surface area (Å²) in [7, 11) is 0. The molecular formula is C30H43F3N4O3S. The number of nitrogens with one attached hydrogen (secondary N) is 2. The summed E-state index contributed by atoms with van der Waals surface area (Å²) in [6.45, 7) is 11.1. The number of amides is 2. The van der Waals surface area contributed by atoms with E-state index in [1.165, 1.54) is 6.42 Å². The summed E-state index contributed by atoms with van der Waals surface area (Å²) in [4.78, 5) is 35.2.